The van der Waals surface area contributed by atoms with Gasteiger partial charge in [0.1, 0.15) is 11.9 Å². The highest BCUT2D eigenvalue weighted by atomic mass is 79.9. The molecule has 2 N–H and O–H groups in total. The Morgan fingerprint density at radius 3 is 2.53 bits per heavy atom. The molecule has 0 amide bonds. The monoisotopic (exact) mass is 375 g/mol. The first-order valence-electron chi connectivity index (χ1n) is 5.07. The number of benzene rings is 1. The summed E-state index contributed by atoms with van der Waals surface area (Å²) >= 11 is 8.54. The third kappa shape index (κ3) is 3.31. The van der Waals surface area contributed by atoms with Gasteiger partial charge in [-0.15, -0.1) is 11.3 Å². The second kappa shape index (κ2) is 6.00. The van der Waals surface area contributed by atoms with E-state index in [9.17, 15) is 0 Å². The molecule has 1 aromatic heterocycles. The second-order valence-electron chi connectivity index (χ2n) is 3.41. The molecule has 1 heterocycles. The van der Waals surface area contributed by atoms with Crippen molar-refractivity contribution in [2.24, 2.45) is 5.73 Å². The van der Waals surface area contributed by atoms with Gasteiger partial charge in [-0.2, -0.15) is 0 Å². The maximum absolute atomic E-state index is 5.91. The summed E-state index contributed by atoms with van der Waals surface area (Å²) in [6.45, 7) is 0.453. The number of halogens is 2. The summed E-state index contributed by atoms with van der Waals surface area (Å²) in [5.41, 5.74) is 5.76. The largest absolute Gasteiger partial charge is 0.482 e. The molecule has 0 spiro atoms. The number of para-hydroxylation sites is 1. The zero-order chi connectivity index (χ0) is 12.3. The summed E-state index contributed by atoms with van der Waals surface area (Å²) < 4.78 is 7.94. The molecule has 1 aromatic carbocycles. The SMILES string of the molecule is NCC(Oc1ccccc1Br)c1ccc(Br)s1. The van der Waals surface area contributed by atoms with Gasteiger partial charge in [-0.05, 0) is 56.1 Å². The van der Waals surface area contributed by atoms with Crippen molar-refractivity contribution in [2.45, 2.75) is 6.10 Å². The highest BCUT2D eigenvalue weighted by molar-refractivity contribution is 9.11. The summed E-state index contributed by atoms with van der Waals surface area (Å²) in [6.07, 6.45) is -0.106. The molecule has 1 atom stereocenters. The summed E-state index contributed by atoms with van der Waals surface area (Å²) in [5.74, 6) is 0.812. The number of hydrogen-bond acceptors (Lipinski definition) is 3. The van der Waals surface area contributed by atoms with E-state index in [1.165, 1.54) is 0 Å². The fourth-order valence-corrected chi connectivity index (χ4v) is 3.26. The van der Waals surface area contributed by atoms with E-state index in [1.807, 2.05) is 36.4 Å². The smallest absolute Gasteiger partial charge is 0.145 e. The topological polar surface area (TPSA) is 35.2 Å². The van der Waals surface area contributed by atoms with E-state index < -0.39 is 0 Å². The first-order chi connectivity index (χ1) is 8.20. The van der Waals surface area contributed by atoms with Crippen LogP contribution in [0, 0.1) is 0 Å². The molecule has 0 fully saturated rings. The lowest BCUT2D eigenvalue weighted by Gasteiger charge is -2.16. The lowest BCUT2D eigenvalue weighted by molar-refractivity contribution is 0.216. The Kier molecular flexibility index (Phi) is 4.62. The molecular weight excluding hydrogens is 366 g/mol. The molecule has 0 aliphatic carbocycles. The number of ether oxygens (including phenoxy) is 1. The van der Waals surface area contributed by atoms with E-state index in [4.69, 9.17) is 10.5 Å². The third-order valence-corrected chi connectivity index (χ3v) is 4.60. The van der Waals surface area contributed by atoms with Gasteiger partial charge < -0.3 is 10.5 Å². The van der Waals surface area contributed by atoms with Crippen molar-refractivity contribution in [1.82, 2.24) is 0 Å². The molecule has 5 heteroatoms. The molecule has 0 bridgehead atoms. The van der Waals surface area contributed by atoms with E-state index in [-0.39, 0.29) is 6.10 Å². The minimum atomic E-state index is -0.106. The van der Waals surface area contributed by atoms with Crippen LogP contribution in [0.5, 0.6) is 5.75 Å². The Hall–Kier alpha value is -0.360. The van der Waals surface area contributed by atoms with E-state index in [2.05, 4.69) is 31.9 Å². The minimum Gasteiger partial charge on any atom is -0.482 e. The molecule has 2 aromatic rings. The average molecular weight is 377 g/mol. The predicted octanol–water partition coefficient (Wildman–Crippen LogP) is 4.35. The van der Waals surface area contributed by atoms with Gasteiger partial charge in [0, 0.05) is 11.4 Å². The lowest BCUT2D eigenvalue weighted by atomic mass is 10.3. The number of nitrogens with two attached hydrogens (primary N) is 1. The van der Waals surface area contributed by atoms with Gasteiger partial charge >= 0.3 is 0 Å². The van der Waals surface area contributed by atoms with E-state index >= 15 is 0 Å². The van der Waals surface area contributed by atoms with Crippen molar-refractivity contribution in [3.63, 3.8) is 0 Å². The maximum Gasteiger partial charge on any atom is 0.145 e. The summed E-state index contributed by atoms with van der Waals surface area (Å²) in [7, 11) is 0. The molecule has 0 aliphatic heterocycles. The van der Waals surface area contributed by atoms with Gasteiger partial charge in [-0.1, -0.05) is 12.1 Å². The van der Waals surface area contributed by atoms with Gasteiger partial charge in [0.15, 0.2) is 0 Å². The Morgan fingerprint density at radius 2 is 1.94 bits per heavy atom. The third-order valence-electron chi connectivity index (χ3n) is 2.23. The normalized spacial score (nSPS) is 12.4. The van der Waals surface area contributed by atoms with Gasteiger partial charge in [-0.25, -0.2) is 0 Å². The van der Waals surface area contributed by atoms with Crippen molar-refractivity contribution in [2.75, 3.05) is 6.54 Å². The lowest BCUT2D eigenvalue weighted by Crippen LogP contribution is -2.17. The quantitative estimate of drug-likeness (QED) is 0.860. The van der Waals surface area contributed by atoms with Crippen LogP contribution in [0.15, 0.2) is 44.7 Å². The predicted molar refractivity (Wildman–Crippen MR) is 78.6 cm³/mol. The number of thiophene rings is 1. The van der Waals surface area contributed by atoms with Crippen LogP contribution in [0.1, 0.15) is 11.0 Å². The van der Waals surface area contributed by atoms with Gasteiger partial charge in [-0.3, -0.25) is 0 Å². The van der Waals surface area contributed by atoms with Crippen LogP contribution in [-0.2, 0) is 0 Å². The molecule has 90 valence electrons. The summed E-state index contributed by atoms with van der Waals surface area (Å²) in [4.78, 5) is 1.12. The zero-order valence-electron chi connectivity index (χ0n) is 8.90. The van der Waals surface area contributed by atoms with Crippen molar-refractivity contribution >= 4 is 43.2 Å². The first kappa shape index (κ1) is 13.1. The molecule has 2 nitrogen and oxygen atoms in total. The fourth-order valence-electron chi connectivity index (χ4n) is 1.42. The Balaban J connectivity index is 2.18. The molecule has 0 aliphatic rings. The van der Waals surface area contributed by atoms with Crippen LogP contribution in [-0.4, -0.2) is 6.54 Å². The van der Waals surface area contributed by atoms with Crippen molar-refractivity contribution < 1.29 is 4.74 Å². The first-order valence-corrected chi connectivity index (χ1v) is 7.47. The van der Waals surface area contributed by atoms with Gasteiger partial charge in [0.05, 0.1) is 8.26 Å². The van der Waals surface area contributed by atoms with Crippen LogP contribution < -0.4 is 10.5 Å². The molecular formula is C12H11Br2NOS. The summed E-state index contributed by atoms with van der Waals surface area (Å²) in [6, 6.07) is 11.8. The van der Waals surface area contributed by atoms with Crippen LogP contribution in [0.2, 0.25) is 0 Å². The Morgan fingerprint density at radius 1 is 1.18 bits per heavy atom. The minimum absolute atomic E-state index is 0.106. The van der Waals surface area contributed by atoms with Crippen molar-refractivity contribution in [3.05, 3.63) is 49.5 Å². The zero-order valence-corrected chi connectivity index (χ0v) is 12.9. The molecule has 2 rings (SSSR count). The molecule has 0 radical (unpaired) electrons. The van der Waals surface area contributed by atoms with E-state index in [0.717, 1.165) is 18.9 Å². The Bertz CT molecular complexity index is 501. The molecule has 0 saturated carbocycles. The summed E-state index contributed by atoms with van der Waals surface area (Å²) in [5, 5.41) is 0. The fraction of sp³-hybridized carbons (Fsp3) is 0.167. The molecule has 17 heavy (non-hydrogen) atoms. The van der Waals surface area contributed by atoms with Crippen LogP contribution in [0.4, 0.5) is 0 Å². The Labute approximate surface area is 121 Å². The van der Waals surface area contributed by atoms with E-state index in [1.54, 1.807) is 11.3 Å². The van der Waals surface area contributed by atoms with Crippen LogP contribution in [0.25, 0.3) is 0 Å². The molecule has 1 unspecified atom stereocenters. The maximum atomic E-state index is 5.91. The van der Waals surface area contributed by atoms with Gasteiger partial charge in [0.2, 0.25) is 0 Å². The standard InChI is InChI=1S/C12H11Br2NOS/c13-8-3-1-2-4-9(8)16-10(7-15)11-5-6-12(14)17-11/h1-6,10H,7,15H2. The van der Waals surface area contributed by atoms with Crippen molar-refractivity contribution in [1.29, 1.82) is 0 Å². The highest BCUT2D eigenvalue weighted by Crippen LogP contribution is 2.32. The van der Waals surface area contributed by atoms with Crippen molar-refractivity contribution in [3.8, 4) is 5.75 Å². The van der Waals surface area contributed by atoms with Crippen LogP contribution >= 0.6 is 43.2 Å². The molecule has 0 saturated heterocycles. The van der Waals surface area contributed by atoms with Gasteiger partial charge in [0.25, 0.3) is 0 Å². The average Bonchev–Trinajstić information content (AvgIpc) is 2.75. The number of hydrogen-bond donors (Lipinski definition) is 1. The van der Waals surface area contributed by atoms with E-state index in [0.29, 0.717) is 6.54 Å². The highest BCUT2D eigenvalue weighted by Gasteiger charge is 2.14. The number of rotatable bonds is 4. The second-order valence-corrected chi connectivity index (χ2v) is 6.76. The van der Waals surface area contributed by atoms with Crippen LogP contribution in [0.3, 0.4) is 0 Å².